The SMILES string of the molecule is CC(C)[C@@H](NC(=O)Nc1cccc(Cl)c1)C(=O)N1CCOCC1. The lowest BCUT2D eigenvalue weighted by Crippen LogP contribution is -2.54. The fourth-order valence-corrected chi connectivity index (χ4v) is 2.56. The maximum absolute atomic E-state index is 12.6. The van der Waals surface area contributed by atoms with Crippen molar-refractivity contribution in [1.29, 1.82) is 0 Å². The van der Waals surface area contributed by atoms with Gasteiger partial charge in [-0.3, -0.25) is 4.79 Å². The Morgan fingerprint density at radius 3 is 2.57 bits per heavy atom. The van der Waals surface area contributed by atoms with Crippen LogP contribution in [-0.4, -0.2) is 49.2 Å². The molecule has 0 spiro atoms. The monoisotopic (exact) mass is 339 g/mol. The van der Waals surface area contributed by atoms with Gasteiger partial charge in [-0.1, -0.05) is 31.5 Å². The van der Waals surface area contributed by atoms with E-state index in [4.69, 9.17) is 16.3 Å². The zero-order chi connectivity index (χ0) is 16.8. The van der Waals surface area contributed by atoms with E-state index in [-0.39, 0.29) is 11.8 Å². The predicted octanol–water partition coefficient (Wildman–Crippen LogP) is 2.34. The van der Waals surface area contributed by atoms with Gasteiger partial charge in [-0.2, -0.15) is 0 Å². The molecule has 0 saturated carbocycles. The molecule has 1 aromatic rings. The Hall–Kier alpha value is -1.79. The first-order valence-corrected chi connectivity index (χ1v) is 8.05. The zero-order valence-electron chi connectivity index (χ0n) is 13.3. The van der Waals surface area contributed by atoms with Gasteiger partial charge in [0.05, 0.1) is 13.2 Å². The molecule has 1 fully saturated rings. The molecule has 23 heavy (non-hydrogen) atoms. The highest BCUT2D eigenvalue weighted by atomic mass is 35.5. The van der Waals surface area contributed by atoms with Crippen molar-refractivity contribution in [3.63, 3.8) is 0 Å². The molecule has 1 saturated heterocycles. The summed E-state index contributed by atoms with van der Waals surface area (Å²) >= 11 is 5.89. The maximum atomic E-state index is 12.6. The number of nitrogens with one attached hydrogen (secondary N) is 2. The van der Waals surface area contributed by atoms with Crippen LogP contribution in [0.2, 0.25) is 5.02 Å². The summed E-state index contributed by atoms with van der Waals surface area (Å²) in [5.74, 6) is -0.0972. The van der Waals surface area contributed by atoms with Gasteiger partial charge in [0, 0.05) is 23.8 Å². The number of carbonyl (C=O) groups is 2. The summed E-state index contributed by atoms with van der Waals surface area (Å²) in [4.78, 5) is 26.5. The number of benzene rings is 1. The number of anilines is 1. The Bertz CT molecular complexity index is 559. The van der Waals surface area contributed by atoms with Gasteiger partial charge in [0.2, 0.25) is 5.91 Å². The van der Waals surface area contributed by atoms with Crippen LogP contribution in [0.15, 0.2) is 24.3 Å². The summed E-state index contributed by atoms with van der Waals surface area (Å²) < 4.78 is 5.26. The highest BCUT2D eigenvalue weighted by Gasteiger charge is 2.29. The van der Waals surface area contributed by atoms with Crippen molar-refractivity contribution in [2.24, 2.45) is 5.92 Å². The Morgan fingerprint density at radius 1 is 1.26 bits per heavy atom. The van der Waals surface area contributed by atoms with Crippen LogP contribution in [0, 0.1) is 5.92 Å². The van der Waals surface area contributed by atoms with E-state index in [1.807, 2.05) is 13.8 Å². The molecule has 1 atom stereocenters. The molecule has 0 radical (unpaired) electrons. The number of morpholine rings is 1. The van der Waals surface area contributed by atoms with Gasteiger partial charge in [0.1, 0.15) is 6.04 Å². The van der Waals surface area contributed by atoms with Gasteiger partial charge in [-0.05, 0) is 24.1 Å². The first kappa shape index (κ1) is 17.6. The molecule has 0 aliphatic carbocycles. The molecule has 126 valence electrons. The van der Waals surface area contributed by atoms with E-state index in [0.29, 0.717) is 37.0 Å². The van der Waals surface area contributed by atoms with Crippen molar-refractivity contribution >= 4 is 29.2 Å². The van der Waals surface area contributed by atoms with E-state index >= 15 is 0 Å². The lowest BCUT2D eigenvalue weighted by atomic mass is 10.0. The smallest absolute Gasteiger partial charge is 0.319 e. The van der Waals surface area contributed by atoms with Gasteiger partial charge < -0.3 is 20.3 Å². The van der Waals surface area contributed by atoms with E-state index in [1.54, 1.807) is 29.2 Å². The number of carbonyl (C=O) groups excluding carboxylic acids is 2. The highest BCUT2D eigenvalue weighted by molar-refractivity contribution is 6.30. The molecule has 2 rings (SSSR count). The standard InChI is InChI=1S/C16H22ClN3O3/c1-11(2)14(15(21)20-6-8-23-9-7-20)19-16(22)18-13-5-3-4-12(17)10-13/h3-5,10-11,14H,6-9H2,1-2H3,(H2,18,19,22)/t14-/m1/s1. The van der Waals surface area contributed by atoms with Gasteiger partial charge in [-0.25, -0.2) is 4.79 Å². The Labute approximate surface area is 141 Å². The average molecular weight is 340 g/mol. The molecule has 1 aliphatic heterocycles. The summed E-state index contributed by atoms with van der Waals surface area (Å²) in [6.45, 7) is 5.99. The molecule has 7 heteroatoms. The molecular formula is C16H22ClN3O3. The minimum atomic E-state index is -0.577. The maximum Gasteiger partial charge on any atom is 0.319 e. The number of hydrogen-bond acceptors (Lipinski definition) is 3. The van der Waals surface area contributed by atoms with Crippen LogP contribution >= 0.6 is 11.6 Å². The van der Waals surface area contributed by atoms with Crippen molar-refractivity contribution in [2.45, 2.75) is 19.9 Å². The van der Waals surface area contributed by atoms with E-state index in [1.165, 1.54) is 0 Å². The van der Waals surface area contributed by atoms with Gasteiger partial charge in [0.15, 0.2) is 0 Å². The Morgan fingerprint density at radius 2 is 1.96 bits per heavy atom. The van der Waals surface area contributed by atoms with Crippen LogP contribution < -0.4 is 10.6 Å². The number of urea groups is 1. The largest absolute Gasteiger partial charge is 0.378 e. The minimum Gasteiger partial charge on any atom is -0.378 e. The number of nitrogens with zero attached hydrogens (tertiary/aromatic N) is 1. The van der Waals surface area contributed by atoms with Gasteiger partial charge in [0.25, 0.3) is 0 Å². The number of hydrogen-bond donors (Lipinski definition) is 2. The fraction of sp³-hybridized carbons (Fsp3) is 0.500. The lowest BCUT2D eigenvalue weighted by molar-refractivity contribution is -0.138. The number of ether oxygens (including phenoxy) is 1. The number of halogens is 1. The van der Waals surface area contributed by atoms with Crippen LogP contribution in [0.25, 0.3) is 0 Å². The van der Waals surface area contributed by atoms with Crippen molar-refractivity contribution in [2.75, 3.05) is 31.6 Å². The highest BCUT2D eigenvalue weighted by Crippen LogP contribution is 2.15. The predicted molar refractivity (Wildman–Crippen MR) is 89.6 cm³/mol. The van der Waals surface area contributed by atoms with Crippen LogP contribution in [0.4, 0.5) is 10.5 Å². The lowest BCUT2D eigenvalue weighted by Gasteiger charge is -2.32. The van der Waals surface area contributed by atoms with E-state index < -0.39 is 12.1 Å². The third kappa shape index (κ3) is 5.11. The second-order valence-electron chi connectivity index (χ2n) is 5.77. The van der Waals surface area contributed by atoms with E-state index in [9.17, 15) is 9.59 Å². The Kier molecular flexibility index (Phi) is 6.24. The second kappa shape index (κ2) is 8.17. The van der Waals surface area contributed by atoms with E-state index in [2.05, 4.69) is 10.6 Å². The molecule has 6 nitrogen and oxygen atoms in total. The Balaban J connectivity index is 1.98. The van der Waals surface area contributed by atoms with Gasteiger partial charge in [-0.15, -0.1) is 0 Å². The van der Waals surface area contributed by atoms with Crippen LogP contribution in [-0.2, 0) is 9.53 Å². The summed E-state index contributed by atoms with van der Waals surface area (Å²) in [5, 5.41) is 5.99. The third-order valence-electron chi connectivity index (χ3n) is 3.62. The molecule has 3 amide bonds. The van der Waals surface area contributed by atoms with Crippen molar-refractivity contribution in [3.05, 3.63) is 29.3 Å². The average Bonchev–Trinajstić information content (AvgIpc) is 2.52. The number of amides is 3. The van der Waals surface area contributed by atoms with Crippen molar-refractivity contribution in [1.82, 2.24) is 10.2 Å². The molecule has 1 heterocycles. The quantitative estimate of drug-likeness (QED) is 0.884. The molecule has 2 N–H and O–H groups in total. The first-order valence-electron chi connectivity index (χ1n) is 7.67. The van der Waals surface area contributed by atoms with Gasteiger partial charge >= 0.3 is 6.03 Å². The van der Waals surface area contributed by atoms with Crippen LogP contribution in [0.1, 0.15) is 13.8 Å². The molecule has 0 unspecified atom stereocenters. The molecule has 0 bridgehead atoms. The fourth-order valence-electron chi connectivity index (χ4n) is 2.37. The van der Waals surface area contributed by atoms with Crippen LogP contribution in [0.5, 0.6) is 0 Å². The van der Waals surface area contributed by atoms with Crippen molar-refractivity contribution in [3.8, 4) is 0 Å². The molecule has 1 aromatic carbocycles. The topological polar surface area (TPSA) is 70.7 Å². The minimum absolute atomic E-state index is 0.0181. The summed E-state index contributed by atoms with van der Waals surface area (Å²) in [7, 11) is 0. The summed E-state index contributed by atoms with van der Waals surface area (Å²) in [5.41, 5.74) is 0.580. The third-order valence-corrected chi connectivity index (χ3v) is 3.86. The summed E-state index contributed by atoms with van der Waals surface area (Å²) in [6.07, 6.45) is 0. The molecule has 1 aliphatic rings. The molecular weight excluding hydrogens is 318 g/mol. The first-order chi connectivity index (χ1) is 11.0. The van der Waals surface area contributed by atoms with Crippen molar-refractivity contribution < 1.29 is 14.3 Å². The zero-order valence-corrected chi connectivity index (χ0v) is 14.1. The second-order valence-corrected chi connectivity index (χ2v) is 6.20. The van der Waals surface area contributed by atoms with E-state index in [0.717, 1.165) is 0 Å². The van der Waals surface area contributed by atoms with Crippen LogP contribution in [0.3, 0.4) is 0 Å². The number of rotatable bonds is 4. The normalized spacial score (nSPS) is 16.1. The molecule has 0 aromatic heterocycles. The summed E-state index contributed by atoms with van der Waals surface area (Å²) in [6, 6.07) is 5.86.